The third-order valence-electron chi connectivity index (χ3n) is 2.80. The van der Waals surface area contributed by atoms with Crippen LogP contribution in [0, 0.1) is 0 Å². The average molecular weight is 357 g/mol. The fraction of sp³-hybridized carbons (Fsp3) is 0.188. The number of rotatable bonds is 6. The van der Waals surface area contributed by atoms with Gasteiger partial charge in [-0.2, -0.15) is 13.2 Å². The number of alkyl halides is 3. The molecule has 1 amide bonds. The Labute approximate surface area is 141 Å². The lowest BCUT2D eigenvalue weighted by atomic mass is 10.3. The summed E-state index contributed by atoms with van der Waals surface area (Å²) in [5.41, 5.74) is -4.04. The predicted molar refractivity (Wildman–Crippen MR) is 86.7 cm³/mol. The molecule has 0 saturated carbocycles. The van der Waals surface area contributed by atoms with E-state index in [1.807, 2.05) is 6.07 Å². The van der Waals surface area contributed by atoms with E-state index in [0.29, 0.717) is 22.9 Å². The number of amides is 1. The van der Waals surface area contributed by atoms with E-state index in [-0.39, 0.29) is 11.8 Å². The minimum atomic E-state index is -4.43. The molecule has 0 saturated heterocycles. The van der Waals surface area contributed by atoms with E-state index in [4.69, 9.17) is 9.47 Å². The van der Waals surface area contributed by atoms with Gasteiger partial charge >= 0.3 is 5.51 Å². The fourth-order valence-electron chi connectivity index (χ4n) is 1.78. The summed E-state index contributed by atoms with van der Waals surface area (Å²) in [7, 11) is 1.53. The van der Waals surface area contributed by atoms with E-state index in [9.17, 15) is 18.0 Å². The van der Waals surface area contributed by atoms with Crippen LogP contribution in [-0.2, 0) is 4.79 Å². The van der Waals surface area contributed by atoms with Crippen molar-refractivity contribution in [3.05, 3.63) is 48.5 Å². The van der Waals surface area contributed by atoms with Crippen LogP contribution in [0.3, 0.4) is 0 Å². The maximum atomic E-state index is 12.0. The van der Waals surface area contributed by atoms with E-state index in [2.05, 4.69) is 5.32 Å². The molecular formula is C16H14F3NO3S. The molecular weight excluding hydrogens is 343 g/mol. The third kappa shape index (κ3) is 5.69. The molecule has 8 heteroatoms. The monoisotopic (exact) mass is 357 g/mol. The quantitative estimate of drug-likeness (QED) is 0.816. The molecule has 0 heterocycles. The van der Waals surface area contributed by atoms with Crippen molar-refractivity contribution < 1.29 is 27.4 Å². The normalized spacial score (nSPS) is 11.0. The third-order valence-corrected chi connectivity index (χ3v) is 3.54. The summed E-state index contributed by atoms with van der Waals surface area (Å²) in [6.07, 6.45) is 0. The van der Waals surface area contributed by atoms with Crippen molar-refractivity contribution in [3.63, 3.8) is 0 Å². The van der Waals surface area contributed by atoms with Crippen LogP contribution in [-0.4, -0.2) is 24.3 Å². The topological polar surface area (TPSA) is 47.6 Å². The Bertz CT molecular complexity index is 690. The van der Waals surface area contributed by atoms with Crippen LogP contribution in [0.5, 0.6) is 17.2 Å². The van der Waals surface area contributed by atoms with Gasteiger partial charge in [0.2, 0.25) is 5.91 Å². The molecule has 1 N–H and O–H groups in total. The van der Waals surface area contributed by atoms with E-state index >= 15 is 0 Å². The Morgan fingerprint density at radius 2 is 1.71 bits per heavy atom. The van der Waals surface area contributed by atoms with Gasteiger partial charge in [0.25, 0.3) is 0 Å². The maximum absolute atomic E-state index is 12.0. The van der Waals surface area contributed by atoms with Gasteiger partial charge in [0.1, 0.15) is 5.75 Å². The number of carbonyl (C=O) groups excluding carboxylic acids is 1. The summed E-state index contributed by atoms with van der Waals surface area (Å²) >= 11 is -0.381. The van der Waals surface area contributed by atoms with Gasteiger partial charge in [0, 0.05) is 5.69 Å². The number of anilines is 1. The van der Waals surface area contributed by atoms with Gasteiger partial charge in [-0.05, 0) is 48.2 Å². The summed E-state index contributed by atoms with van der Waals surface area (Å²) in [4.78, 5) is 11.4. The van der Waals surface area contributed by atoms with Crippen molar-refractivity contribution in [2.75, 3.05) is 18.2 Å². The molecule has 0 bridgehead atoms. The van der Waals surface area contributed by atoms with Crippen molar-refractivity contribution in [1.29, 1.82) is 0 Å². The lowest BCUT2D eigenvalue weighted by molar-refractivity contribution is -0.114. The lowest BCUT2D eigenvalue weighted by Crippen LogP contribution is -2.17. The number of thioether (sulfide) groups is 1. The second kappa shape index (κ2) is 7.96. The van der Waals surface area contributed by atoms with Crippen LogP contribution < -0.4 is 14.8 Å². The number of carbonyl (C=O) groups is 1. The molecule has 2 aromatic rings. The van der Waals surface area contributed by atoms with Crippen LogP contribution in [0.1, 0.15) is 0 Å². The van der Waals surface area contributed by atoms with Gasteiger partial charge in [-0.3, -0.25) is 4.79 Å². The number of hydrogen-bond donors (Lipinski definition) is 1. The zero-order chi connectivity index (χ0) is 17.6. The number of para-hydroxylation sites is 2. The van der Waals surface area contributed by atoms with Gasteiger partial charge in [-0.15, -0.1) is 0 Å². The molecule has 128 valence electrons. The predicted octanol–water partition coefficient (Wildman–Crippen LogP) is 4.68. The first-order valence-corrected chi connectivity index (χ1v) is 7.77. The Kier molecular flexibility index (Phi) is 5.97. The second-order valence-electron chi connectivity index (χ2n) is 4.56. The Morgan fingerprint density at radius 3 is 2.29 bits per heavy atom. The molecule has 0 atom stereocenters. The highest BCUT2D eigenvalue weighted by atomic mass is 32.2. The molecule has 2 aromatic carbocycles. The summed E-state index contributed by atoms with van der Waals surface area (Å²) in [5, 5.41) is 2.39. The van der Waals surface area contributed by atoms with Crippen LogP contribution in [0.25, 0.3) is 0 Å². The van der Waals surface area contributed by atoms with E-state index < -0.39 is 17.2 Å². The Morgan fingerprint density at radius 1 is 1.08 bits per heavy atom. The van der Waals surface area contributed by atoms with Crippen LogP contribution >= 0.6 is 11.8 Å². The molecule has 24 heavy (non-hydrogen) atoms. The van der Waals surface area contributed by atoms with Crippen molar-refractivity contribution >= 4 is 23.4 Å². The van der Waals surface area contributed by atoms with Gasteiger partial charge < -0.3 is 14.8 Å². The van der Waals surface area contributed by atoms with Crippen LogP contribution in [0.4, 0.5) is 18.9 Å². The van der Waals surface area contributed by atoms with Crippen LogP contribution in [0.15, 0.2) is 48.5 Å². The summed E-state index contributed by atoms with van der Waals surface area (Å²) in [5.74, 6) is 0.179. The molecule has 2 rings (SSSR count). The first kappa shape index (κ1) is 18.0. The van der Waals surface area contributed by atoms with Gasteiger partial charge in [-0.1, -0.05) is 12.1 Å². The molecule has 4 nitrogen and oxygen atoms in total. The zero-order valence-electron chi connectivity index (χ0n) is 12.6. The smallest absolute Gasteiger partial charge is 0.442 e. The summed E-state index contributed by atoms with van der Waals surface area (Å²) < 4.78 is 46.9. The van der Waals surface area contributed by atoms with Crippen molar-refractivity contribution in [3.8, 4) is 17.2 Å². The highest BCUT2D eigenvalue weighted by molar-refractivity contribution is 8.00. The number of nitrogens with one attached hydrogen (secondary N) is 1. The molecule has 0 aromatic heterocycles. The molecule has 0 spiro atoms. The van der Waals surface area contributed by atoms with Crippen molar-refractivity contribution in [2.45, 2.75) is 5.51 Å². The van der Waals surface area contributed by atoms with Crippen molar-refractivity contribution in [1.82, 2.24) is 0 Å². The minimum Gasteiger partial charge on any atom is -0.493 e. The number of ether oxygens (including phenoxy) is 2. The average Bonchev–Trinajstić information content (AvgIpc) is 2.55. The highest BCUT2D eigenvalue weighted by Gasteiger charge is 2.29. The first-order valence-electron chi connectivity index (χ1n) is 6.79. The molecule has 0 aliphatic rings. The maximum Gasteiger partial charge on any atom is 0.442 e. The summed E-state index contributed by atoms with van der Waals surface area (Å²) in [6.45, 7) is 0. The summed E-state index contributed by atoms with van der Waals surface area (Å²) in [6, 6.07) is 13.4. The van der Waals surface area contributed by atoms with E-state index in [1.54, 1.807) is 42.5 Å². The molecule has 0 radical (unpaired) electrons. The molecule has 0 aliphatic heterocycles. The molecule has 0 aliphatic carbocycles. The Balaban J connectivity index is 1.94. The standard InChI is InChI=1S/C16H14F3NO3S/c1-22-13-4-2-3-5-14(13)23-12-8-6-11(7-9-12)20-15(21)10-24-16(17,18)19/h2-9H,10H2,1H3,(H,20,21). The second-order valence-corrected chi connectivity index (χ2v) is 5.60. The van der Waals surface area contributed by atoms with Gasteiger partial charge in [0.15, 0.2) is 11.5 Å². The number of benzene rings is 2. The number of hydrogen-bond acceptors (Lipinski definition) is 4. The highest BCUT2D eigenvalue weighted by Crippen LogP contribution is 2.32. The van der Waals surface area contributed by atoms with E-state index in [1.165, 1.54) is 7.11 Å². The first-order chi connectivity index (χ1) is 11.4. The fourth-order valence-corrected chi connectivity index (χ4v) is 2.15. The Hall–Kier alpha value is -2.35. The number of halogens is 3. The minimum absolute atomic E-state index is 0.381. The van der Waals surface area contributed by atoms with E-state index in [0.717, 1.165) is 0 Å². The van der Waals surface area contributed by atoms with Crippen molar-refractivity contribution in [2.24, 2.45) is 0 Å². The van der Waals surface area contributed by atoms with Gasteiger partial charge in [0.05, 0.1) is 12.9 Å². The van der Waals surface area contributed by atoms with Crippen LogP contribution in [0.2, 0.25) is 0 Å². The molecule has 0 unspecified atom stereocenters. The zero-order valence-corrected chi connectivity index (χ0v) is 13.4. The largest absolute Gasteiger partial charge is 0.493 e. The van der Waals surface area contributed by atoms with Gasteiger partial charge in [-0.25, -0.2) is 0 Å². The number of methoxy groups -OCH3 is 1. The SMILES string of the molecule is COc1ccccc1Oc1ccc(NC(=O)CSC(F)(F)F)cc1. The lowest BCUT2D eigenvalue weighted by Gasteiger charge is -2.11. The molecule has 0 fully saturated rings.